The summed E-state index contributed by atoms with van der Waals surface area (Å²) in [6, 6.07) is -0.0266. The van der Waals surface area contributed by atoms with Gasteiger partial charge in [-0.2, -0.15) is 0 Å². The number of aromatic nitrogens is 3. The Bertz CT molecular complexity index is 672. The highest BCUT2D eigenvalue weighted by Gasteiger charge is 2.32. The van der Waals surface area contributed by atoms with Crippen molar-refractivity contribution in [3.63, 3.8) is 0 Å². The number of nitrogen functional groups attached to an aromatic ring is 1. The minimum Gasteiger partial charge on any atom is -0.368 e. The molecule has 0 aromatic carbocycles. The first-order valence-electron chi connectivity index (χ1n) is 6.93. The van der Waals surface area contributed by atoms with Crippen LogP contribution in [0.15, 0.2) is 5.51 Å². The van der Waals surface area contributed by atoms with E-state index in [1.807, 2.05) is 4.90 Å². The largest absolute Gasteiger partial charge is 0.368 e. The van der Waals surface area contributed by atoms with Crippen molar-refractivity contribution < 1.29 is 4.79 Å². The second-order valence-corrected chi connectivity index (χ2v) is 6.18. The zero-order chi connectivity index (χ0) is 15.0. The number of hydrogen-bond acceptors (Lipinski definition) is 6. The number of fused-ring (bicyclic) bond motifs is 1. The first-order valence-corrected chi connectivity index (χ1v) is 7.81. The van der Waals surface area contributed by atoms with Gasteiger partial charge in [0, 0.05) is 26.1 Å². The fourth-order valence-electron chi connectivity index (χ4n) is 2.95. The number of nitrogens with zero attached hydrogens (tertiary/aromatic N) is 4. The summed E-state index contributed by atoms with van der Waals surface area (Å²) in [5.74, 6) is 0.846. The van der Waals surface area contributed by atoms with Crippen LogP contribution in [0.3, 0.4) is 0 Å². The van der Waals surface area contributed by atoms with E-state index in [0.717, 1.165) is 22.5 Å². The summed E-state index contributed by atoms with van der Waals surface area (Å²) >= 11 is 1.47. The van der Waals surface area contributed by atoms with Crippen LogP contribution in [-0.4, -0.2) is 46.0 Å². The molecule has 0 spiro atoms. The summed E-state index contributed by atoms with van der Waals surface area (Å²) in [5.41, 5.74) is 9.35. The molecule has 2 aromatic heterocycles. The summed E-state index contributed by atoms with van der Waals surface area (Å²) in [7, 11) is 1.66. The monoisotopic (exact) mass is 306 g/mol. The van der Waals surface area contributed by atoms with Gasteiger partial charge in [0.1, 0.15) is 10.3 Å². The summed E-state index contributed by atoms with van der Waals surface area (Å²) in [6.07, 6.45) is 0.859. The van der Waals surface area contributed by atoms with Crippen LogP contribution in [0.4, 0.5) is 10.7 Å². The lowest BCUT2D eigenvalue weighted by Crippen LogP contribution is -2.46. The number of urea groups is 1. The molecule has 112 valence electrons. The molecular formula is C13H18N6OS. The topological polar surface area (TPSA) is 97.0 Å². The van der Waals surface area contributed by atoms with Crippen molar-refractivity contribution in [1.29, 1.82) is 0 Å². The first-order chi connectivity index (χ1) is 10.1. The highest BCUT2D eigenvalue weighted by Crippen LogP contribution is 2.35. The van der Waals surface area contributed by atoms with Gasteiger partial charge in [0.15, 0.2) is 0 Å². The fraction of sp³-hybridized carbons (Fsp3) is 0.538. The Labute approximate surface area is 126 Å². The Balaban J connectivity index is 1.90. The van der Waals surface area contributed by atoms with Gasteiger partial charge in [-0.15, -0.1) is 11.3 Å². The van der Waals surface area contributed by atoms with E-state index in [0.29, 0.717) is 25.0 Å². The SMILES string of the molecule is CNC(=O)N1CCC(c2nc(N)nc3scnc23)[C@@H](C)C1. The minimum atomic E-state index is -0.0266. The van der Waals surface area contributed by atoms with Gasteiger partial charge in [-0.25, -0.2) is 19.7 Å². The molecule has 0 bridgehead atoms. The highest BCUT2D eigenvalue weighted by atomic mass is 32.1. The van der Waals surface area contributed by atoms with E-state index < -0.39 is 0 Å². The Morgan fingerprint density at radius 1 is 1.52 bits per heavy atom. The van der Waals surface area contributed by atoms with Crippen LogP contribution in [0.25, 0.3) is 10.3 Å². The normalized spacial score (nSPS) is 22.5. The van der Waals surface area contributed by atoms with Crippen LogP contribution in [0.1, 0.15) is 25.0 Å². The van der Waals surface area contributed by atoms with Crippen molar-refractivity contribution in [1.82, 2.24) is 25.2 Å². The Morgan fingerprint density at radius 3 is 3.05 bits per heavy atom. The van der Waals surface area contributed by atoms with Crippen LogP contribution < -0.4 is 11.1 Å². The van der Waals surface area contributed by atoms with Gasteiger partial charge in [-0.1, -0.05) is 6.92 Å². The standard InChI is InChI=1S/C13H18N6OS/c1-7-5-19(13(20)15-2)4-3-8(7)9-10-11(21-6-16-10)18-12(14)17-9/h6-8H,3-5H2,1-2H3,(H,15,20)(H2,14,17,18)/t7-,8?/m0/s1. The average Bonchev–Trinajstić information content (AvgIpc) is 2.93. The zero-order valence-electron chi connectivity index (χ0n) is 12.0. The molecule has 1 aliphatic rings. The minimum absolute atomic E-state index is 0.0266. The third-order valence-corrected chi connectivity index (χ3v) is 4.72. The van der Waals surface area contributed by atoms with Crippen molar-refractivity contribution in [2.75, 3.05) is 25.9 Å². The van der Waals surface area contributed by atoms with Crippen LogP contribution in [0.5, 0.6) is 0 Å². The highest BCUT2D eigenvalue weighted by molar-refractivity contribution is 7.16. The molecule has 2 atom stereocenters. The second-order valence-electron chi connectivity index (χ2n) is 5.35. The molecule has 0 saturated carbocycles. The lowest BCUT2D eigenvalue weighted by Gasteiger charge is -2.36. The molecule has 1 aliphatic heterocycles. The quantitative estimate of drug-likeness (QED) is 0.830. The Hall–Kier alpha value is -1.96. The van der Waals surface area contributed by atoms with Gasteiger partial charge in [0.2, 0.25) is 5.95 Å². The van der Waals surface area contributed by atoms with Crippen molar-refractivity contribution in [2.45, 2.75) is 19.3 Å². The lowest BCUT2D eigenvalue weighted by molar-refractivity contribution is 0.160. The number of carbonyl (C=O) groups is 1. The molecule has 8 heteroatoms. The van der Waals surface area contributed by atoms with Crippen molar-refractivity contribution >= 4 is 33.7 Å². The average molecular weight is 306 g/mol. The third-order valence-electron chi connectivity index (χ3n) is 4.00. The number of rotatable bonds is 1. The number of amides is 2. The Morgan fingerprint density at radius 2 is 2.33 bits per heavy atom. The number of piperidine rings is 1. The maximum absolute atomic E-state index is 11.7. The second kappa shape index (κ2) is 5.44. The number of likely N-dealkylation sites (tertiary alicyclic amines) is 1. The van der Waals surface area contributed by atoms with Crippen LogP contribution in [-0.2, 0) is 0 Å². The zero-order valence-corrected chi connectivity index (χ0v) is 12.9. The molecule has 0 radical (unpaired) electrons. The molecule has 1 fully saturated rings. The predicted molar refractivity (Wildman–Crippen MR) is 82.2 cm³/mol. The maximum Gasteiger partial charge on any atom is 0.317 e. The predicted octanol–water partition coefficient (Wildman–Crippen LogP) is 1.43. The van der Waals surface area contributed by atoms with Crippen molar-refractivity contribution in [3.05, 3.63) is 11.2 Å². The molecule has 2 aromatic rings. The van der Waals surface area contributed by atoms with E-state index in [2.05, 4.69) is 27.2 Å². The molecule has 3 heterocycles. The van der Waals surface area contributed by atoms with E-state index in [9.17, 15) is 4.79 Å². The molecule has 21 heavy (non-hydrogen) atoms. The number of carbonyl (C=O) groups excluding carboxylic acids is 1. The molecular weight excluding hydrogens is 288 g/mol. The van der Waals surface area contributed by atoms with Crippen molar-refractivity contribution in [3.8, 4) is 0 Å². The first kappa shape index (κ1) is 14.0. The van der Waals surface area contributed by atoms with Crippen LogP contribution in [0, 0.1) is 5.92 Å². The van der Waals surface area contributed by atoms with Gasteiger partial charge in [0.05, 0.1) is 11.2 Å². The summed E-state index contributed by atoms with van der Waals surface area (Å²) in [5, 5.41) is 2.68. The number of thiazole rings is 1. The molecule has 2 amide bonds. The van der Waals surface area contributed by atoms with Gasteiger partial charge >= 0.3 is 6.03 Å². The van der Waals surface area contributed by atoms with Crippen LogP contribution in [0.2, 0.25) is 0 Å². The fourth-order valence-corrected chi connectivity index (χ4v) is 3.63. The van der Waals surface area contributed by atoms with E-state index in [1.165, 1.54) is 11.3 Å². The number of nitrogens with two attached hydrogens (primary N) is 1. The smallest absolute Gasteiger partial charge is 0.317 e. The van der Waals surface area contributed by atoms with E-state index in [-0.39, 0.29) is 11.9 Å². The van der Waals surface area contributed by atoms with Crippen molar-refractivity contribution in [2.24, 2.45) is 5.92 Å². The van der Waals surface area contributed by atoms with Gasteiger partial charge in [-0.05, 0) is 12.3 Å². The number of hydrogen-bond donors (Lipinski definition) is 2. The molecule has 7 nitrogen and oxygen atoms in total. The molecule has 1 saturated heterocycles. The van der Waals surface area contributed by atoms with Gasteiger partial charge in [0.25, 0.3) is 0 Å². The number of anilines is 1. The van der Waals surface area contributed by atoms with E-state index >= 15 is 0 Å². The lowest BCUT2D eigenvalue weighted by atomic mass is 9.84. The molecule has 3 rings (SSSR count). The van der Waals surface area contributed by atoms with Gasteiger partial charge in [-0.3, -0.25) is 0 Å². The van der Waals surface area contributed by atoms with E-state index in [1.54, 1.807) is 12.6 Å². The summed E-state index contributed by atoms with van der Waals surface area (Å²) in [6.45, 7) is 3.56. The number of nitrogens with one attached hydrogen (secondary N) is 1. The third kappa shape index (κ3) is 2.51. The molecule has 3 N–H and O–H groups in total. The Kier molecular flexibility index (Phi) is 3.62. The maximum atomic E-state index is 11.7. The molecule has 0 aliphatic carbocycles. The summed E-state index contributed by atoms with van der Waals surface area (Å²) < 4.78 is 0. The van der Waals surface area contributed by atoms with Crippen LogP contribution >= 0.6 is 11.3 Å². The van der Waals surface area contributed by atoms with E-state index in [4.69, 9.17) is 5.73 Å². The molecule has 1 unspecified atom stereocenters. The van der Waals surface area contributed by atoms with Gasteiger partial charge < -0.3 is 16.0 Å². The summed E-state index contributed by atoms with van der Waals surface area (Å²) in [4.78, 5) is 27.4.